The molecule has 0 bridgehead atoms. The van der Waals surface area contributed by atoms with Gasteiger partial charge in [0, 0.05) is 19.6 Å². The normalized spacial score (nSPS) is 20.8. The van der Waals surface area contributed by atoms with Crippen LogP contribution in [0.15, 0.2) is 18.2 Å². The van der Waals surface area contributed by atoms with Gasteiger partial charge in [0.15, 0.2) is 0 Å². The summed E-state index contributed by atoms with van der Waals surface area (Å²) in [6.07, 6.45) is 0.480. The van der Waals surface area contributed by atoms with E-state index in [1.165, 1.54) is 0 Å². The average Bonchev–Trinajstić information content (AvgIpc) is 2.90. The van der Waals surface area contributed by atoms with E-state index in [1.807, 2.05) is 25.1 Å². The van der Waals surface area contributed by atoms with E-state index in [1.54, 1.807) is 18.9 Å². The predicted molar refractivity (Wildman–Crippen MR) is 81.9 cm³/mol. The highest BCUT2D eigenvalue weighted by Gasteiger charge is 2.42. The molecule has 120 valence electrons. The fraction of sp³-hybridized carbons (Fsp3) is 0.500. The number of carbonyl (C=O) groups excluding carboxylic acids is 1. The molecule has 1 aromatic rings. The number of nitrogens with one attached hydrogen (secondary N) is 1. The van der Waals surface area contributed by atoms with Crippen molar-refractivity contribution in [3.8, 4) is 5.75 Å². The molecule has 1 aliphatic heterocycles. The number of ether oxygens (including phenoxy) is 1. The van der Waals surface area contributed by atoms with Crippen LogP contribution in [0.3, 0.4) is 0 Å². The topological polar surface area (TPSA) is 78.9 Å². The van der Waals surface area contributed by atoms with E-state index < -0.39 is 11.4 Å². The van der Waals surface area contributed by atoms with E-state index in [2.05, 4.69) is 5.32 Å². The van der Waals surface area contributed by atoms with Gasteiger partial charge in [-0.05, 0) is 37.5 Å². The largest absolute Gasteiger partial charge is 0.496 e. The summed E-state index contributed by atoms with van der Waals surface area (Å²) < 4.78 is 5.26. The number of hydrogen-bond acceptors (Lipinski definition) is 3. The molecule has 0 aliphatic carbocycles. The third-order valence-corrected chi connectivity index (χ3v) is 4.19. The van der Waals surface area contributed by atoms with Gasteiger partial charge in [-0.3, -0.25) is 4.79 Å². The first-order valence-corrected chi connectivity index (χ1v) is 7.25. The molecule has 22 heavy (non-hydrogen) atoms. The lowest BCUT2D eigenvalue weighted by atomic mass is 9.90. The number of urea groups is 1. The Bertz CT molecular complexity index is 588. The van der Waals surface area contributed by atoms with Crippen molar-refractivity contribution >= 4 is 12.0 Å². The molecule has 1 unspecified atom stereocenters. The molecule has 0 aromatic heterocycles. The number of amides is 2. The Hall–Kier alpha value is -2.24. The smallest absolute Gasteiger partial charge is 0.317 e. The molecule has 1 aromatic carbocycles. The van der Waals surface area contributed by atoms with Crippen molar-refractivity contribution in [2.45, 2.75) is 26.8 Å². The number of likely N-dealkylation sites (tertiary alicyclic amines) is 1. The van der Waals surface area contributed by atoms with E-state index in [-0.39, 0.29) is 12.6 Å². The number of rotatable bonds is 4. The molecule has 0 radical (unpaired) electrons. The van der Waals surface area contributed by atoms with E-state index in [0.717, 1.165) is 16.9 Å². The highest BCUT2D eigenvalue weighted by Crippen LogP contribution is 2.30. The molecule has 0 spiro atoms. The molecule has 2 rings (SSSR count). The van der Waals surface area contributed by atoms with Crippen molar-refractivity contribution in [1.29, 1.82) is 0 Å². The van der Waals surface area contributed by atoms with Gasteiger partial charge in [-0.1, -0.05) is 12.1 Å². The fourth-order valence-electron chi connectivity index (χ4n) is 2.57. The number of aryl methyl sites for hydroxylation is 1. The molecule has 1 fully saturated rings. The van der Waals surface area contributed by atoms with Gasteiger partial charge < -0.3 is 20.1 Å². The van der Waals surface area contributed by atoms with E-state index in [9.17, 15) is 14.7 Å². The van der Waals surface area contributed by atoms with Crippen LogP contribution in [0.5, 0.6) is 5.75 Å². The Balaban J connectivity index is 1.92. The monoisotopic (exact) mass is 306 g/mol. The quantitative estimate of drug-likeness (QED) is 0.892. The third-order valence-electron chi connectivity index (χ3n) is 4.19. The van der Waals surface area contributed by atoms with Crippen LogP contribution in [0.1, 0.15) is 24.5 Å². The van der Waals surface area contributed by atoms with E-state index in [4.69, 9.17) is 4.74 Å². The van der Waals surface area contributed by atoms with Gasteiger partial charge in [0.05, 0.1) is 12.5 Å². The summed E-state index contributed by atoms with van der Waals surface area (Å²) in [5.74, 6) is -0.0718. The molecular weight excluding hydrogens is 284 g/mol. The van der Waals surface area contributed by atoms with Crippen LogP contribution in [-0.4, -0.2) is 42.2 Å². The summed E-state index contributed by atoms with van der Waals surface area (Å²) >= 11 is 0. The first-order valence-electron chi connectivity index (χ1n) is 7.25. The molecule has 1 saturated heterocycles. The Labute approximate surface area is 130 Å². The van der Waals surface area contributed by atoms with Gasteiger partial charge in [-0.15, -0.1) is 0 Å². The number of carboxylic acid groups (broad SMARTS) is 1. The number of aliphatic carboxylic acids is 1. The van der Waals surface area contributed by atoms with Gasteiger partial charge in [0.1, 0.15) is 5.75 Å². The number of nitrogens with zero attached hydrogens (tertiary/aromatic N) is 1. The van der Waals surface area contributed by atoms with Crippen LogP contribution < -0.4 is 10.1 Å². The standard InChI is InChI=1S/C16H22N2O4/c1-11-4-5-12(8-13(11)22-3)9-17-15(21)18-7-6-16(2,10-18)14(19)20/h4-5,8H,6-7,9-10H2,1-3H3,(H,17,21)(H,19,20). The van der Waals surface area contributed by atoms with Crippen LogP contribution in [0.2, 0.25) is 0 Å². The zero-order valence-electron chi connectivity index (χ0n) is 13.2. The Morgan fingerprint density at radius 1 is 1.45 bits per heavy atom. The Morgan fingerprint density at radius 3 is 2.77 bits per heavy atom. The van der Waals surface area contributed by atoms with Crippen LogP contribution in [-0.2, 0) is 11.3 Å². The van der Waals surface area contributed by atoms with Crippen LogP contribution in [0, 0.1) is 12.3 Å². The Kier molecular flexibility index (Phi) is 4.59. The lowest BCUT2D eigenvalue weighted by Crippen LogP contribution is -2.40. The molecule has 1 atom stereocenters. The summed E-state index contributed by atoms with van der Waals surface area (Å²) in [6.45, 7) is 4.72. The van der Waals surface area contributed by atoms with Gasteiger partial charge in [0.2, 0.25) is 0 Å². The summed E-state index contributed by atoms with van der Waals surface area (Å²) in [6, 6.07) is 5.53. The number of carbonyl (C=O) groups is 2. The second-order valence-electron chi connectivity index (χ2n) is 6.00. The number of carboxylic acids is 1. The van der Waals surface area contributed by atoms with Gasteiger partial charge in [0.25, 0.3) is 0 Å². The molecule has 2 N–H and O–H groups in total. The first-order chi connectivity index (χ1) is 10.4. The predicted octanol–water partition coefficient (Wildman–Crippen LogP) is 2.01. The molecule has 6 heteroatoms. The van der Waals surface area contributed by atoms with E-state index >= 15 is 0 Å². The summed E-state index contributed by atoms with van der Waals surface area (Å²) in [4.78, 5) is 24.9. The fourth-order valence-corrected chi connectivity index (χ4v) is 2.57. The zero-order chi connectivity index (χ0) is 16.3. The van der Waals surface area contributed by atoms with Gasteiger partial charge in [-0.25, -0.2) is 4.79 Å². The molecule has 0 saturated carbocycles. The lowest BCUT2D eigenvalue weighted by molar-refractivity contribution is -0.147. The van der Waals surface area contributed by atoms with E-state index in [0.29, 0.717) is 19.5 Å². The maximum Gasteiger partial charge on any atom is 0.317 e. The number of methoxy groups -OCH3 is 1. The maximum absolute atomic E-state index is 12.1. The molecule has 1 heterocycles. The number of benzene rings is 1. The molecule has 2 amide bonds. The second-order valence-corrected chi connectivity index (χ2v) is 6.00. The van der Waals surface area contributed by atoms with Gasteiger partial charge >= 0.3 is 12.0 Å². The van der Waals surface area contributed by atoms with Crippen LogP contribution in [0.25, 0.3) is 0 Å². The highest BCUT2D eigenvalue weighted by atomic mass is 16.5. The third kappa shape index (κ3) is 3.32. The molecule has 1 aliphatic rings. The summed E-state index contributed by atoms with van der Waals surface area (Å²) in [5.41, 5.74) is 1.13. The maximum atomic E-state index is 12.1. The van der Waals surface area contributed by atoms with Crippen molar-refractivity contribution in [1.82, 2.24) is 10.2 Å². The highest BCUT2D eigenvalue weighted by molar-refractivity contribution is 5.79. The number of hydrogen-bond donors (Lipinski definition) is 2. The molecular formula is C16H22N2O4. The zero-order valence-corrected chi connectivity index (χ0v) is 13.2. The SMILES string of the molecule is COc1cc(CNC(=O)N2CCC(C)(C(=O)O)C2)ccc1C. The van der Waals surface area contributed by atoms with Crippen molar-refractivity contribution < 1.29 is 19.4 Å². The Morgan fingerprint density at radius 2 is 2.18 bits per heavy atom. The summed E-state index contributed by atoms with van der Waals surface area (Å²) in [7, 11) is 1.61. The summed E-state index contributed by atoms with van der Waals surface area (Å²) in [5, 5.41) is 12.0. The minimum absolute atomic E-state index is 0.232. The lowest BCUT2D eigenvalue weighted by Gasteiger charge is -2.20. The average molecular weight is 306 g/mol. The minimum atomic E-state index is -0.855. The van der Waals surface area contributed by atoms with Crippen LogP contribution in [0.4, 0.5) is 4.79 Å². The second kappa shape index (κ2) is 6.25. The minimum Gasteiger partial charge on any atom is -0.496 e. The first kappa shape index (κ1) is 16.1. The van der Waals surface area contributed by atoms with Crippen molar-refractivity contribution in [3.63, 3.8) is 0 Å². The van der Waals surface area contributed by atoms with Gasteiger partial charge in [-0.2, -0.15) is 0 Å². The molecule has 6 nitrogen and oxygen atoms in total. The van der Waals surface area contributed by atoms with Crippen LogP contribution >= 0.6 is 0 Å². The van der Waals surface area contributed by atoms with Crippen molar-refractivity contribution in [2.75, 3.05) is 20.2 Å². The van der Waals surface area contributed by atoms with Crippen molar-refractivity contribution in [2.24, 2.45) is 5.41 Å². The van der Waals surface area contributed by atoms with Crippen molar-refractivity contribution in [3.05, 3.63) is 29.3 Å².